The van der Waals surface area contributed by atoms with Crippen LogP contribution in [-0.4, -0.2) is 11.7 Å². The van der Waals surface area contributed by atoms with Crippen molar-refractivity contribution in [2.75, 3.05) is 6.61 Å². The van der Waals surface area contributed by atoms with Crippen molar-refractivity contribution in [1.82, 2.24) is 0 Å². The molecule has 0 unspecified atom stereocenters. The molecule has 0 rings (SSSR count). The zero-order valence-electron chi connectivity index (χ0n) is 7.53. The van der Waals surface area contributed by atoms with Crippen LogP contribution in [0.25, 0.3) is 4.98 Å². The normalized spacial score (nSPS) is 11.3. The van der Waals surface area contributed by atoms with Crippen molar-refractivity contribution in [3.8, 4) is 0 Å². The number of aliphatic hydroxyl groups excluding tert-OH is 1. The minimum Gasteiger partial charge on any atom is -0.476 e. The van der Waals surface area contributed by atoms with Crippen LogP contribution in [0.3, 0.4) is 0 Å². The maximum Gasteiger partial charge on any atom is 0.429 e. The average molecular weight is 171 g/mol. The zero-order valence-corrected chi connectivity index (χ0v) is 7.53. The fourth-order valence-corrected chi connectivity index (χ4v) is 0.755. The van der Waals surface area contributed by atoms with Crippen molar-refractivity contribution < 1.29 is 9.84 Å². The summed E-state index contributed by atoms with van der Waals surface area (Å²) in [4.78, 5) is 2.61. The summed E-state index contributed by atoms with van der Waals surface area (Å²) in [6.07, 6.45) is 2.81. The van der Waals surface area contributed by atoms with E-state index in [1.807, 2.05) is 0 Å². The predicted octanol–water partition coefficient (Wildman–Crippen LogP) is 2.65. The number of hydrogen-bond donors (Lipinski definition) is 1. The Morgan fingerprint density at radius 1 is 1.67 bits per heavy atom. The van der Waals surface area contributed by atoms with Crippen LogP contribution in [0.15, 0.2) is 12.1 Å². The maximum absolute atomic E-state index is 8.80. The van der Waals surface area contributed by atoms with E-state index in [4.69, 9.17) is 15.2 Å². The van der Waals surface area contributed by atoms with Crippen molar-refractivity contribution in [1.29, 1.82) is 5.39 Å². The van der Waals surface area contributed by atoms with Crippen molar-refractivity contribution in [2.24, 2.45) is 5.92 Å². The molecule has 0 fully saturated rings. The average Bonchev–Trinajstić information content (AvgIpc) is 1.98. The molecule has 4 nitrogen and oxygen atoms in total. The lowest BCUT2D eigenvalue weighted by atomic mass is 10.1. The highest BCUT2D eigenvalue weighted by Crippen LogP contribution is 2.04. The van der Waals surface area contributed by atoms with E-state index in [2.05, 4.69) is 18.8 Å². The first-order valence-corrected chi connectivity index (χ1v) is 4.03. The quantitative estimate of drug-likeness (QED) is 0.393. The third-order valence-electron chi connectivity index (χ3n) is 1.34. The predicted molar refractivity (Wildman–Crippen MR) is 45.8 cm³/mol. The fourth-order valence-electron chi connectivity index (χ4n) is 0.755. The second-order valence-corrected chi connectivity index (χ2v) is 2.97. The van der Waals surface area contributed by atoms with Crippen LogP contribution in [-0.2, 0) is 4.74 Å². The van der Waals surface area contributed by atoms with Crippen LogP contribution in [0.1, 0.15) is 26.7 Å². The Morgan fingerprint density at radius 2 is 2.33 bits per heavy atom. The molecular weight excluding hydrogens is 156 g/mol. The molecule has 0 bridgehead atoms. The van der Waals surface area contributed by atoms with Gasteiger partial charge < -0.3 is 9.84 Å². The number of diazo groups is 1. The SMILES string of the molecule is CC(C)CCCO/C(O)=C/[N+]#N. The number of rotatable bonds is 5. The first-order chi connectivity index (χ1) is 5.66. The molecule has 68 valence electrons. The van der Waals surface area contributed by atoms with Crippen LogP contribution in [0.2, 0.25) is 0 Å². The zero-order chi connectivity index (χ0) is 9.40. The summed E-state index contributed by atoms with van der Waals surface area (Å²) in [6.45, 7) is 4.70. The van der Waals surface area contributed by atoms with Crippen LogP contribution in [0.5, 0.6) is 0 Å². The first-order valence-electron chi connectivity index (χ1n) is 4.03. The Morgan fingerprint density at radius 3 is 2.83 bits per heavy atom. The summed E-state index contributed by atoms with van der Waals surface area (Å²) < 4.78 is 4.80. The monoisotopic (exact) mass is 171 g/mol. The minimum atomic E-state index is -0.346. The van der Waals surface area contributed by atoms with Gasteiger partial charge in [-0.15, -0.1) is 0 Å². The smallest absolute Gasteiger partial charge is 0.429 e. The molecule has 0 saturated heterocycles. The van der Waals surface area contributed by atoms with Crippen molar-refractivity contribution in [3.63, 3.8) is 0 Å². The molecule has 1 N–H and O–H groups in total. The lowest BCUT2D eigenvalue weighted by Crippen LogP contribution is -1.96. The number of aliphatic hydroxyl groups is 1. The maximum atomic E-state index is 8.80. The van der Waals surface area contributed by atoms with E-state index in [0.29, 0.717) is 12.5 Å². The van der Waals surface area contributed by atoms with E-state index in [1.165, 1.54) is 0 Å². The lowest BCUT2D eigenvalue weighted by Gasteiger charge is -2.03. The molecule has 0 aliphatic carbocycles. The summed E-state index contributed by atoms with van der Waals surface area (Å²) >= 11 is 0. The minimum absolute atomic E-state index is 0.346. The van der Waals surface area contributed by atoms with E-state index in [9.17, 15) is 0 Å². The summed E-state index contributed by atoms with van der Waals surface area (Å²) in [7, 11) is 0. The highest BCUT2D eigenvalue weighted by molar-refractivity contribution is 4.87. The molecule has 4 heteroatoms. The Labute approximate surface area is 72.5 Å². The van der Waals surface area contributed by atoms with Crippen LogP contribution < -0.4 is 0 Å². The van der Waals surface area contributed by atoms with Crippen molar-refractivity contribution in [3.05, 3.63) is 17.1 Å². The van der Waals surface area contributed by atoms with Gasteiger partial charge in [0.05, 0.1) is 6.61 Å². The van der Waals surface area contributed by atoms with Crippen LogP contribution in [0, 0.1) is 11.3 Å². The fraction of sp³-hybridized carbons (Fsp3) is 0.750. The summed E-state index contributed by atoms with van der Waals surface area (Å²) in [5, 5.41) is 16.8. The molecule has 0 heterocycles. The van der Waals surface area contributed by atoms with Gasteiger partial charge >= 0.3 is 12.1 Å². The molecule has 0 amide bonds. The van der Waals surface area contributed by atoms with Gasteiger partial charge in [0, 0.05) is 0 Å². The lowest BCUT2D eigenvalue weighted by molar-refractivity contribution is 0.0894. The molecule has 0 aliphatic heterocycles. The number of nitrogens with zero attached hydrogens (tertiary/aromatic N) is 2. The van der Waals surface area contributed by atoms with E-state index in [1.54, 1.807) is 0 Å². The van der Waals surface area contributed by atoms with E-state index in [-0.39, 0.29) is 5.95 Å². The first kappa shape index (κ1) is 10.8. The molecule has 0 atom stereocenters. The Balaban J connectivity index is 3.33. The Hall–Kier alpha value is -1.24. The van der Waals surface area contributed by atoms with Crippen molar-refractivity contribution >= 4 is 0 Å². The number of hydrogen-bond acceptors (Lipinski definition) is 3. The van der Waals surface area contributed by atoms with E-state index >= 15 is 0 Å². The van der Waals surface area contributed by atoms with Gasteiger partial charge in [0.25, 0.3) is 0 Å². The highest BCUT2D eigenvalue weighted by atomic mass is 16.6. The molecule has 0 aliphatic rings. The molecule has 0 spiro atoms. The molecule has 0 aromatic heterocycles. The number of ether oxygens (including phenoxy) is 1. The third-order valence-corrected chi connectivity index (χ3v) is 1.34. The van der Waals surface area contributed by atoms with Crippen LogP contribution >= 0.6 is 0 Å². The second kappa shape index (κ2) is 6.47. The van der Waals surface area contributed by atoms with Gasteiger partial charge in [-0.05, 0) is 18.8 Å². The van der Waals surface area contributed by atoms with Crippen molar-refractivity contribution in [2.45, 2.75) is 26.7 Å². The molecule has 12 heavy (non-hydrogen) atoms. The molecular formula is C8H15N2O2+. The Kier molecular flexibility index (Phi) is 5.80. The molecule has 0 saturated carbocycles. The largest absolute Gasteiger partial charge is 0.476 e. The van der Waals surface area contributed by atoms with E-state index < -0.39 is 0 Å². The summed E-state index contributed by atoms with van der Waals surface area (Å²) in [5.41, 5.74) is 0. The van der Waals surface area contributed by atoms with Gasteiger partial charge in [0.15, 0.2) is 4.98 Å². The molecule has 0 aromatic rings. The third kappa shape index (κ3) is 6.87. The van der Waals surface area contributed by atoms with Gasteiger partial charge in [0.1, 0.15) is 0 Å². The van der Waals surface area contributed by atoms with Gasteiger partial charge in [0.2, 0.25) is 5.39 Å². The Bertz CT molecular complexity index is 182. The van der Waals surface area contributed by atoms with Gasteiger partial charge in [-0.1, -0.05) is 13.8 Å². The molecule has 0 radical (unpaired) electrons. The summed E-state index contributed by atoms with van der Waals surface area (Å²) in [5.74, 6) is 0.295. The molecule has 0 aromatic carbocycles. The summed E-state index contributed by atoms with van der Waals surface area (Å²) in [6, 6.07) is 0. The van der Waals surface area contributed by atoms with Gasteiger partial charge in [-0.2, -0.15) is 0 Å². The topological polar surface area (TPSA) is 57.6 Å². The van der Waals surface area contributed by atoms with E-state index in [0.717, 1.165) is 19.0 Å². The van der Waals surface area contributed by atoms with Crippen LogP contribution in [0.4, 0.5) is 0 Å². The van der Waals surface area contributed by atoms with Gasteiger partial charge in [-0.3, -0.25) is 0 Å². The second-order valence-electron chi connectivity index (χ2n) is 2.97. The standard InChI is InChI=1S/C8H14N2O2/c1-7(2)4-3-5-12-8(11)6-10-9/h6-7H,3-5H2,1-2H3/p+1/b8-6+. The highest BCUT2D eigenvalue weighted by Gasteiger charge is 2.00. The van der Waals surface area contributed by atoms with Gasteiger partial charge in [-0.25, -0.2) is 0 Å².